The molecule has 0 unspecified atom stereocenters. The molecule has 110 valence electrons. The van der Waals surface area contributed by atoms with E-state index < -0.39 is 12.7 Å². The summed E-state index contributed by atoms with van der Waals surface area (Å²) in [6, 6.07) is 0. The zero-order chi connectivity index (χ0) is 13.9. The van der Waals surface area contributed by atoms with Gasteiger partial charge in [0.25, 0.3) is 0 Å². The van der Waals surface area contributed by atoms with E-state index in [1.54, 1.807) is 0 Å². The number of nitrogens with zero attached hydrogens (tertiary/aromatic N) is 1. The lowest BCUT2D eigenvalue weighted by molar-refractivity contribution is -0.146. The summed E-state index contributed by atoms with van der Waals surface area (Å²) in [5.74, 6) is 0. The van der Waals surface area contributed by atoms with Crippen molar-refractivity contribution in [1.29, 1.82) is 0 Å². The Kier molecular flexibility index (Phi) is 10.4. The van der Waals surface area contributed by atoms with Crippen molar-refractivity contribution in [3.63, 3.8) is 0 Å². The molecule has 0 aliphatic heterocycles. The Labute approximate surface area is 108 Å². The molecule has 0 aromatic rings. The molecule has 0 saturated carbocycles. The molecular formula is C13H26F3NO. The molecule has 2 nitrogen and oxygen atoms in total. The minimum Gasteiger partial charge on any atom is -0.395 e. The van der Waals surface area contributed by atoms with Gasteiger partial charge in [-0.05, 0) is 13.0 Å². The van der Waals surface area contributed by atoms with Crippen LogP contribution in [0.2, 0.25) is 0 Å². The predicted molar refractivity (Wildman–Crippen MR) is 67.6 cm³/mol. The lowest BCUT2D eigenvalue weighted by Crippen LogP contribution is -2.36. The summed E-state index contributed by atoms with van der Waals surface area (Å²) in [5.41, 5.74) is 0. The third kappa shape index (κ3) is 12.2. The van der Waals surface area contributed by atoms with Crippen LogP contribution in [0.5, 0.6) is 0 Å². The highest BCUT2D eigenvalue weighted by Crippen LogP contribution is 2.17. The first-order valence-corrected chi connectivity index (χ1v) is 6.89. The van der Waals surface area contributed by atoms with E-state index in [9.17, 15) is 13.2 Å². The summed E-state index contributed by atoms with van der Waals surface area (Å²) in [6.07, 6.45) is 3.52. The minimum absolute atomic E-state index is 0.106. The van der Waals surface area contributed by atoms with Gasteiger partial charge in [-0.3, -0.25) is 4.90 Å². The molecule has 1 N–H and O–H groups in total. The largest absolute Gasteiger partial charge is 0.401 e. The van der Waals surface area contributed by atoms with Crippen molar-refractivity contribution in [1.82, 2.24) is 4.90 Å². The molecule has 0 atom stereocenters. The van der Waals surface area contributed by atoms with Gasteiger partial charge in [-0.1, -0.05) is 45.4 Å². The van der Waals surface area contributed by atoms with Gasteiger partial charge in [-0.2, -0.15) is 13.2 Å². The number of aliphatic hydroxyl groups excluding tert-OH is 1. The second kappa shape index (κ2) is 10.6. The Balaban J connectivity index is 3.58. The Morgan fingerprint density at radius 1 is 0.889 bits per heavy atom. The van der Waals surface area contributed by atoms with Crippen LogP contribution >= 0.6 is 0 Å². The van der Waals surface area contributed by atoms with Crippen molar-refractivity contribution in [2.45, 2.75) is 58.0 Å². The summed E-state index contributed by atoms with van der Waals surface area (Å²) in [6.45, 7) is 1.56. The summed E-state index contributed by atoms with van der Waals surface area (Å²) >= 11 is 0. The van der Waals surface area contributed by atoms with Crippen molar-refractivity contribution >= 4 is 0 Å². The van der Waals surface area contributed by atoms with Crippen LogP contribution in [0.15, 0.2) is 0 Å². The monoisotopic (exact) mass is 269 g/mol. The highest BCUT2D eigenvalue weighted by atomic mass is 19.4. The van der Waals surface area contributed by atoms with Crippen molar-refractivity contribution in [2.24, 2.45) is 0 Å². The maximum absolute atomic E-state index is 12.2. The SMILES string of the molecule is CCCCCCCCCN(CCO)CC(F)(F)F. The molecule has 5 heteroatoms. The fourth-order valence-corrected chi connectivity index (χ4v) is 1.96. The predicted octanol–water partition coefficient (Wildman–Crippen LogP) is 3.59. The van der Waals surface area contributed by atoms with Crippen LogP contribution in [0, 0.1) is 0 Å². The van der Waals surface area contributed by atoms with E-state index in [-0.39, 0.29) is 13.2 Å². The average molecular weight is 269 g/mol. The zero-order valence-electron chi connectivity index (χ0n) is 11.3. The highest BCUT2D eigenvalue weighted by molar-refractivity contribution is 4.63. The van der Waals surface area contributed by atoms with Crippen molar-refractivity contribution in [2.75, 3.05) is 26.2 Å². The molecule has 0 aliphatic carbocycles. The summed E-state index contributed by atoms with van der Waals surface area (Å²) < 4.78 is 36.7. The van der Waals surface area contributed by atoms with Crippen molar-refractivity contribution in [3.8, 4) is 0 Å². The van der Waals surface area contributed by atoms with E-state index in [1.807, 2.05) is 0 Å². The van der Waals surface area contributed by atoms with Crippen LogP contribution in [0.3, 0.4) is 0 Å². The van der Waals surface area contributed by atoms with E-state index in [4.69, 9.17) is 5.11 Å². The molecule has 0 saturated heterocycles. The standard InChI is InChI=1S/C13H26F3NO/c1-2-3-4-5-6-7-8-9-17(10-11-18)12-13(14,15)16/h18H,2-12H2,1H3. The number of halogens is 3. The topological polar surface area (TPSA) is 23.5 Å². The zero-order valence-corrected chi connectivity index (χ0v) is 11.3. The summed E-state index contributed by atoms with van der Waals surface area (Å²) in [5, 5.41) is 8.72. The second-order valence-corrected chi connectivity index (χ2v) is 4.74. The Bertz CT molecular complexity index is 186. The molecular weight excluding hydrogens is 243 g/mol. The van der Waals surface area contributed by atoms with Gasteiger partial charge in [0, 0.05) is 6.54 Å². The van der Waals surface area contributed by atoms with Crippen molar-refractivity contribution in [3.05, 3.63) is 0 Å². The van der Waals surface area contributed by atoms with E-state index >= 15 is 0 Å². The molecule has 18 heavy (non-hydrogen) atoms. The summed E-state index contributed by atoms with van der Waals surface area (Å²) in [7, 11) is 0. The summed E-state index contributed by atoms with van der Waals surface area (Å²) in [4.78, 5) is 1.28. The van der Waals surface area contributed by atoms with Gasteiger partial charge in [-0.25, -0.2) is 0 Å². The molecule has 0 aromatic carbocycles. The number of aliphatic hydroxyl groups is 1. The first-order valence-electron chi connectivity index (χ1n) is 6.89. The number of alkyl halides is 3. The molecule has 0 amide bonds. The van der Waals surface area contributed by atoms with Crippen LogP contribution in [0.1, 0.15) is 51.9 Å². The van der Waals surface area contributed by atoms with Gasteiger partial charge in [0.1, 0.15) is 0 Å². The third-order valence-electron chi connectivity index (χ3n) is 2.90. The normalized spacial score (nSPS) is 12.3. The number of rotatable bonds is 11. The van der Waals surface area contributed by atoms with E-state index in [0.717, 1.165) is 19.3 Å². The Morgan fingerprint density at radius 2 is 1.44 bits per heavy atom. The van der Waals surface area contributed by atoms with Crippen LogP contribution in [-0.4, -0.2) is 42.4 Å². The molecule has 0 spiro atoms. The Hall–Kier alpha value is -0.290. The smallest absolute Gasteiger partial charge is 0.395 e. The van der Waals surface area contributed by atoms with Gasteiger partial charge < -0.3 is 5.11 Å². The molecule has 0 fully saturated rings. The van der Waals surface area contributed by atoms with Gasteiger partial charge in [0.2, 0.25) is 0 Å². The first kappa shape index (κ1) is 17.7. The van der Waals surface area contributed by atoms with Crippen LogP contribution in [0.25, 0.3) is 0 Å². The maximum atomic E-state index is 12.2. The first-order chi connectivity index (χ1) is 8.49. The van der Waals surface area contributed by atoms with Crippen LogP contribution in [0.4, 0.5) is 13.2 Å². The van der Waals surface area contributed by atoms with Crippen LogP contribution < -0.4 is 0 Å². The number of unbranched alkanes of at least 4 members (excludes halogenated alkanes) is 6. The minimum atomic E-state index is -4.17. The van der Waals surface area contributed by atoms with Gasteiger partial charge in [0.15, 0.2) is 0 Å². The molecule has 0 aromatic heterocycles. The average Bonchev–Trinajstić information content (AvgIpc) is 2.26. The second-order valence-electron chi connectivity index (χ2n) is 4.74. The lowest BCUT2D eigenvalue weighted by atomic mass is 10.1. The van der Waals surface area contributed by atoms with Gasteiger partial charge in [-0.15, -0.1) is 0 Å². The lowest BCUT2D eigenvalue weighted by Gasteiger charge is -2.22. The third-order valence-corrected chi connectivity index (χ3v) is 2.90. The Morgan fingerprint density at radius 3 is 1.94 bits per heavy atom. The molecule has 0 aliphatic rings. The quantitative estimate of drug-likeness (QED) is 0.579. The molecule has 0 bridgehead atoms. The molecule has 0 heterocycles. The highest BCUT2D eigenvalue weighted by Gasteiger charge is 2.30. The van der Waals surface area contributed by atoms with E-state index in [0.29, 0.717) is 6.54 Å². The van der Waals surface area contributed by atoms with Crippen molar-refractivity contribution < 1.29 is 18.3 Å². The number of hydrogen-bond acceptors (Lipinski definition) is 2. The molecule has 0 radical (unpaired) electrons. The molecule has 0 rings (SSSR count). The van der Waals surface area contributed by atoms with E-state index in [2.05, 4.69) is 6.92 Å². The fraction of sp³-hybridized carbons (Fsp3) is 1.00. The van der Waals surface area contributed by atoms with E-state index in [1.165, 1.54) is 30.6 Å². The number of hydrogen-bond donors (Lipinski definition) is 1. The van der Waals surface area contributed by atoms with Gasteiger partial charge in [0.05, 0.1) is 13.2 Å². The van der Waals surface area contributed by atoms with Gasteiger partial charge >= 0.3 is 6.18 Å². The fourth-order valence-electron chi connectivity index (χ4n) is 1.96. The van der Waals surface area contributed by atoms with Crippen LogP contribution in [-0.2, 0) is 0 Å². The maximum Gasteiger partial charge on any atom is 0.401 e.